The quantitative estimate of drug-likeness (QED) is 0.909. The highest BCUT2D eigenvalue weighted by molar-refractivity contribution is 9.10. The second-order valence-electron chi connectivity index (χ2n) is 4.03. The van der Waals surface area contributed by atoms with Crippen LogP contribution in [0.3, 0.4) is 0 Å². The van der Waals surface area contributed by atoms with Crippen LogP contribution >= 0.6 is 15.9 Å². The smallest absolute Gasteiger partial charge is 0.119 e. The van der Waals surface area contributed by atoms with Gasteiger partial charge in [-0.25, -0.2) is 0 Å². The first-order valence-electron chi connectivity index (χ1n) is 5.06. The van der Waals surface area contributed by atoms with Crippen molar-refractivity contribution < 1.29 is 9.84 Å². The van der Waals surface area contributed by atoms with Crippen LogP contribution in [0.4, 0.5) is 0 Å². The van der Waals surface area contributed by atoms with Gasteiger partial charge in [0.15, 0.2) is 0 Å². The third kappa shape index (κ3) is 3.50. The minimum Gasteiger partial charge on any atom is -0.497 e. The van der Waals surface area contributed by atoms with E-state index in [1.54, 1.807) is 7.11 Å². The fourth-order valence-corrected chi connectivity index (χ4v) is 1.99. The summed E-state index contributed by atoms with van der Waals surface area (Å²) in [7, 11) is 1.63. The Kier molecular flexibility index (Phi) is 4.61. The molecule has 1 rings (SSSR count). The maximum Gasteiger partial charge on any atom is 0.119 e. The maximum atomic E-state index is 10.0. The second kappa shape index (κ2) is 5.52. The molecule has 0 spiro atoms. The van der Waals surface area contributed by atoms with Gasteiger partial charge in [-0.05, 0) is 36.1 Å². The molecule has 2 nitrogen and oxygen atoms in total. The van der Waals surface area contributed by atoms with Crippen LogP contribution in [0.1, 0.15) is 31.9 Å². The first-order chi connectivity index (χ1) is 7.04. The van der Waals surface area contributed by atoms with Crippen molar-refractivity contribution in [3.05, 3.63) is 28.2 Å². The number of ether oxygens (including phenoxy) is 1. The van der Waals surface area contributed by atoms with E-state index < -0.39 is 6.10 Å². The highest BCUT2D eigenvalue weighted by Gasteiger charge is 2.13. The van der Waals surface area contributed by atoms with Gasteiger partial charge < -0.3 is 9.84 Å². The first-order valence-corrected chi connectivity index (χ1v) is 5.85. The van der Waals surface area contributed by atoms with Crippen LogP contribution in [0.15, 0.2) is 22.7 Å². The van der Waals surface area contributed by atoms with E-state index in [0.717, 1.165) is 22.2 Å². The van der Waals surface area contributed by atoms with E-state index in [1.165, 1.54) is 0 Å². The molecule has 1 atom stereocenters. The van der Waals surface area contributed by atoms with E-state index in [2.05, 4.69) is 29.8 Å². The normalized spacial score (nSPS) is 12.9. The van der Waals surface area contributed by atoms with E-state index in [-0.39, 0.29) is 0 Å². The van der Waals surface area contributed by atoms with Gasteiger partial charge >= 0.3 is 0 Å². The molecule has 3 heteroatoms. The number of rotatable bonds is 4. The molecule has 0 aromatic heterocycles. The Morgan fingerprint density at radius 2 is 2.07 bits per heavy atom. The lowest BCUT2D eigenvalue weighted by Crippen LogP contribution is -2.03. The fraction of sp³-hybridized carbons (Fsp3) is 0.500. The third-order valence-corrected chi connectivity index (χ3v) is 2.98. The van der Waals surface area contributed by atoms with Gasteiger partial charge in [0.05, 0.1) is 13.2 Å². The summed E-state index contributed by atoms with van der Waals surface area (Å²) in [6.07, 6.45) is 0.320. The minimum atomic E-state index is -0.436. The van der Waals surface area contributed by atoms with Crippen molar-refractivity contribution in [1.29, 1.82) is 0 Å². The molecule has 0 radical (unpaired) electrons. The summed E-state index contributed by atoms with van der Waals surface area (Å²) in [5.41, 5.74) is 0.892. The molecule has 0 bridgehead atoms. The van der Waals surface area contributed by atoms with E-state index >= 15 is 0 Å². The molecule has 1 unspecified atom stereocenters. The molecule has 15 heavy (non-hydrogen) atoms. The van der Waals surface area contributed by atoms with E-state index in [4.69, 9.17) is 4.74 Å². The second-order valence-corrected chi connectivity index (χ2v) is 4.89. The van der Waals surface area contributed by atoms with Crippen LogP contribution in [0.5, 0.6) is 5.75 Å². The van der Waals surface area contributed by atoms with Crippen molar-refractivity contribution in [2.24, 2.45) is 5.92 Å². The predicted molar refractivity (Wildman–Crippen MR) is 65.1 cm³/mol. The van der Waals surface area contributed by atoms with E-state index in [0.29, 0.717) is 5.92 Å². The molecule has 0 heterocycles. The Morgan fingerprint density at radius 3 is 2.60 bits per heavy atom. The van der Waals surface area contributed by atoms with Crippen molar-refractivity contribution in [3.8, 4) is 5.75 Å². The van der Waals surface area contributed by atoms with Crippen LogP contribution in [0.2, 0.25) is 0 Å². The largest absolute Gasteiger partial charge is 0.497 e. The van der Waals surface area contributed by atoms with Gasteiger partial charge in [-0.2, -0.15) is 0 Å². The highest BCUT2D eigenvalue weighted by atomic mass is 79.9. The van der Waals surface area contributed by atoms with Crippen molar-refractivity contribution in [2.75, 3.05) is 7.11 Å². The van der Waals surface area contributed by atoms with Crippen LogP contribution in [-0.4, -0.2) is 12.2 Å². The van der Waals surface area contributed by atoms with Crippen molar-refractivity contribution in [3.63, 3.8) is 0 Å². The average Bonchev–Trinajstić information content (AvgIpc) is 2.17. The van der Waals surface area contributed by atoms with Gasteiger partial charge in [0.2, 0.25) is 0 Å². The summed E-state index contributed by atoms with van der Waals surface area (Å²) in [6.45, 7) is 4.19. The summed E-state index contributed by atoms with van der Waals surface area (Å²) < 4.78 is 6.06. The fourth-order valence-electron chi connectivity index (χ4n) is 1.48. The van der Waals surface area contributed by atoms with Gasteiger partial charge in [-0.3, -0.25) is 0 Å². The topological polar surface area (TPSA) is 29.5 Å². The Morgan fingerprint density at radius 1 is 1.40 bits per heavy atom. The van der Waals surface area contributed by atoms with Crippen LogP contribution in [-0.2, 0) is 0 Å². The molecule has 84 valence electrons. The summed E-state index contributed by atoms with van der Waals surface area (Å²) >= 11 is 3.43. The molecule has 0 aliphatic rings. The zero-order valence-corrected chi connectivity index (χ0v) is 10.9. The van der Waals surface area contributed by atoms with E-state index in [9.17, 15) is 5.11 Å². The molecule has 0 saturated carbocycles. The predicted octanol–water partition coefficient (Wildman–Crippen LogP) is 3.54. The number of methoxy groups -OCH3 is 1. The van der Waals surface area contributed by atoms with Crippen molar-refractivity contribution in [1.82, 2.24) is 0 Å². The average molecular weight is 273 g/mol. The van der Waals surface area contributed by atoms with Gasteiger partial charge in [0.25, 0.3) is 0 Å². The Balaban J connectivity index is 2.91. The number of aliphatic hydroxyl groups is 1. The number of benzene rings is 1. The number of aliphatic hydroxyl groups excluding tert-OH is 1. The molecule has 0 aliphatic heterocycles. The number of hydrogen-bond acceptors (Lipinski definition) is 2. The lowest BCUT2D eigenvalue weighted by Gasteiger charge is -2.15. The standard InChI is InChI=1S/C12H17BrO2/c1-8(2)6-12(14)10-7-9(15-3)4-5-11(10)13/h4-5,7-8,12,14H,6H2,1-3H3. The van der Waals surface area contributed by atoms with Gasteiger partial charge in [0, 0.05) is 4.47 Å². The molecule has 0 saturated heterocycles. The maximum absolute atomic E-state index is 10.0. The Labute approximate surface area is 99.4 Å². The lowest BCUT2D eigenvalue weighted by molar-refractivity contribution is 0.150. The third-order valence-electron chi connectivity index (χ3n) is 2.26. The summed E-state index contributed by atoms with van der Waals surface area (Å²) in [4.78, 5) is 0. The molecule has 1 aromatic carbocycles. The van der Waals surface area contributed by atoms with Gasteiger partial charge in [-0.15, -0.1) is 0 Å². The molecule has 0 aliphatic carbocycles. The summed E-state index contributed by atoms with van der Waals surface area (Å²) in [5.74, 6) is 1.24. The Bertz CT molecular complexity index is 323. The van der Waals surface area contributed by atoms with Crippen LogP contribution in [0, 0.1) is 5.92 Å². The number of halogens is 1. The van der Waals surface area contributed by atoms with Crippen LogP contribution < -0.4 is 4.74 Å². The van der Waals surface area contributed by atoms with Crippen molar-refractivity contribution in [2.45, 2.75) is 26.4 Å². The monoisotopic (exact) mass is 272 g/mol. The van der Waals surface area contributed by atoms with Gasteiger partial charge in [0.1, 0.15) is 5.75 Å². The molecule has 1 N–H and O–H groups in total. The molecule has 0 amide bonds. The van der Waals surface area contributed by atoms with Crippen molar-refractivity contribution >= 4 is 15.9 Å². The summed E-state index contributed by atoms with van der Waals surface area (Å²) in [6, 6.07) is 5.64. The lowest BCUT2D eigenvalue weighted by atomic mass is 9.99. The zero-order chi connectivity index (χ0) is 11.4. The number of hydrogen-bond donors (Lipinski definition) is 1. The Hall–Kier alpha value is -0.540. The molecule has 1 aromatic rings. The molecule has 0 fully saturated rings. The SMILES string of the molecule is COc1ccc(Br)c(C(O)CC(C)C)c1. The molecular formula is C12H17BrO2. The van der Waals surface area contributed by atoms with E-state index in [1.807, 2.05) is 18.2 Å². The first kappa shape index (κ1) is 12.5. The van der Waals surface area contributed by atoms with Crippen LogP contribution in [0.25, 0.3) is 0 Å². The summed E-state index contributed by atoms with van der Waals surface area (Å²) in [5, 5.41) is 10.0. The minimum absolute atomic E-state index is 0.436. The van der Waals surface area contributed by atoms with Gasteiger partial charge in [-0.1, -0.05) is 29.8 Å². The zero-order valence-electron chi connectivity index (χ0n) is 9.33. The highest BCUT2D eigenvalue weighted by Crippen LogP contribution is 2.30. The molecular weight excluding hydrogens is 256 g/mol.